The van der Waals surface area contributed by atoms with Crippen molar-refractivity contribution in [1.82, 2.24) is 5.32 Å². The maximum absolute atomic E-state index is 11.7. The Morgan fingerprint density at radius 2 is 1.33 bits per heavy atom. The van der Waals surface area contributed by atoms with E-state index in [2.05, 4.69) is 12.2 Å². The van der Waals surface area contributed by atoms with Crippen molar-refractivity contribution < 1.29 is 69.5 Å². The first-order valence-corrected chi connectivity index (χ1v) is 10.4. The van der Waals surface area contributed by atoms with Crippen molar-refractivity contribution in [2.75, 3.05) is 13.2 Å². The van der Waals surface area contributed by atoms with Gasteiger partial charge in [0.25, 0.3) is 0 Å². The van der Waals surface area contributed by atoms with Crippen LogP contribution >= 0.6 is 0 Å². The molecule has 0 saturated heterocycles. The summed E-state index contributed by atoms with van der Waals surface area (Å²) in [6.45, 7) is 1.46. The second-order valence-corrected chi connectivity index (χ2v) is 6.97. The van der Waals surface area contributed by atoms with Crippen LogP contribution in [0.4, 0.5) is 0 Å². The molecule has 0 rings (SSSR count). The number of amides is 1. The van der Waals surface area contributed by atoms with Crippen molar-refractivity contribution in [2.45, 2.75) is 96.1 Å². The smallest absolute Gasteiger partial charge is 0.550 e. The van der Waals surface area contributed by atoms with Crippen molar-refractivity contribution in [3.63, 3.8) is 0 Å². The van der Waals surface area contributed by atoms with E-state index in [9.17, 15) is 19.5 Å². The molecule has 0 aliphatic carbocycles. The van der Waals surface area contributed by atoms with Crippen LogP contribution in [0.15, 0.2) is 0 Å². The van der Waals surface area contributed by atoms with Crippen LogP contribution in [0.3, 0.4) is 0 Å². The molecule has 10 heteroatoms. The minimum absolute atomic E-state index is 0. The first-order valence-electron chi connectivity index (χ1n) is 10.4. The van der Waals surface area contributed by atoms with Crippen molar-refractivity contribution in [1.29, 1.82) is 0 Å². The number of carbonyl (C=O) groups is 3. The molecule has 0 fully saturated rings. The number of hydrogen-bond acceptors (Lipinski definition) is 7. The number of rotatable bonds is 17. The van der Waals surface area contributed by atoms with Gasteiger partial charge in [-0.15, -0.1) is 0 Å². The molecule has 1 atom stereocenters. The fourth-order valence-electron chi connectivity index (χ4n) is 2.44. The number of aliphatic carboxylic acids is 2. The molecule has 0 aliphatic heterocycles. The molecule has 0 saturated carbocycles. The van der Waals surface area contributed by atoms with E-state index >= 15 is 0 Å². The number of nitrogens with one attached hydrogen (secondary N) is 1. The van der Waals surface area contributed by atoms with Crippen LogP contribution in [-0.4, -0.2) is 63.6 Å². The summed E-state index contributed by atoms with van der Waals surface area (Å²) < 4.78 is 0. The maximum atomic E-state index is 11.7. The monoisotopic (exact) mass is 443 g/mol. The number of aliphatic hydroxyl groups excluding tert-OH is 3. The van der Waals surface area contributed by atoms with E-state index in [0.717, 1.165) is 19.3 Å². The minimum Gasteiger partial charge on any atom is -0.550 e. The Hall–Kier alpha value is -0.710. The molecule has 0 heterocycles. The molecular weight excluding hydrogens is 405 g/mol. The summed E-state index contributed by atoms with van der Waals surface area (Å²) in [7, 11) is 0. The molecule has 5 N–H and O–H groups in total. The van der Waals surface area contributed by atoms with Gasteiger partial charge in [-0.05, 0) is 19.3 Å². The average Bonchev–Trinajstić information content (AvgIpc) is 2.69. The van der Waals surface area contributed by atoms with Gasteiger partial charge in [-0.2, -0.15) is 0 Å². The number of carboxylic acid groups (broad SMARTS) is 2. The molecule has 1 amide bonds. The first-order chi connectivity index (χ1) is 13.8. The van der Waals surface area contributed by atoms with Crippen LogP contribution in [0.5, 0.6) is 0 Å². The summed E-state index contributed by atoms with van der Waals surface area (Å²) >= 11 is 0. The van der Waals surface area contributed by atoms with E-state index in [-0.39, 0.29) is 67.9 Å². The minimum atomic E-state index is -1.32. The molecule has 9 nitrogen and oxygen atoms in total. The second-order valence-electron chi connectivity index (χ2n) is 6.97. The number of hydrogen-bond donors (Lipinski definition) is 5. The molecule has 0 radical (unpaired) electrons. The van der Waals surface area contributed by atoms with Crippen LogP contribution in [0.25, 0.3) is 0 Å². The summed E-state index contributed by atoms with van der Waals surface area (Å²) in [6.07, 6.45) is 9.09. The van der Waals surface area contributed by atoms with Gasteiger partial charge < -0.3 is 35.6 Å². The zero-order valence-electron chi connectivity index (χ0n) is 18.5. The summed E-state index contributed by atoms with van der Waals surface area (Å²) in [5.74, 6) is -2.87. The molecule has 0 bridgehead atoms. The predicted octanol–water partition coefficient (Wildman–Crippen LogP) is -2.66. The molecule has 172 valence electrons. The van der Waals surface area contributed by atoms with E-state index in [4.69, 9.17) is 20.4 Å². The molecule has 30 heavy (non-hydrogen) atoms. The van der Waals surface area contributed by atoms with Gasteiger partial charge in [0.1, 0.15) is 12.1 Å². The fourth-order valence-corrected chi connectivity index (χ4v) is 2.44. The third-order valence-corrected chi connectivity index (χ3v) is 4.20. The predicted molar refractivity (Wildman–Crippen MR) is 106 cm³/mol. The quantitative estimate of drug-likeness (QED) is 0.120. The third kappa shape index (κ3) is 25.3. The Bertz CT molecular complexity index is 433. The van der Waals surface area contributed by atoms with Crippen molar-refractivity contribution in [3.8, 4) is 0 Å². The molecule has 0 aromatic heterocycles. The zero-order valence-corrected chi connectivity index (χ0v) is 20.5. The molecule has 0 unspecified atom stereocenters. The Morgan fingerprint density at radius 1 is 0.867 bits per heavy atom. The van der Waals surface area contributed by atoms with Gasteiger partial charge in [-0.3, -0.25) is 4.79 Å². The van der Waals surface area contributed by atoms with Gasteiger partial charge in [-0.25, -0.2) is 4.79 Å². The Morgan fingerprint density at radius 3 is 1.70 bits per heavy atom. The van der Waals surface area contributed by atoms with Crippen molar-refractivity contribution in [2.24, 2.45) is 0 Å². The van der Waals surface area contributed by atoms with E-state index in [0.29, 0.717) is 0 Å². The van der Waals surface area contributed by atoms with Crippen LogP contribution in [-0.2, 0) is 14.4 Å². The Labute approximate surface area is 201 Å². The summed E-state index contributed by atoms with van der Waals surface area (Å²) in [5.41, 5.74) is 0. The van der Waals surface area contributed by atoms with E-state index in [1.165, 1.54) is 38.5 Å². The van der Waals surface area contributed by atoms with E-state index in [1.807, 2.05) is 0 Å². The van der Waals surface area contributed by atoms with Gasteiger partial charge in [0.2, 0.25) is 5.91 Å². The number of carboxylic acids is 2. The van der Waals surface area contributed by atoms with Crippen molar-refractivity contribution >= 4 is 17.8 Å². The van der Waals surface area contributed by atoms with Gasteiger partial charge in [-0.1, -0.05) is 58.3 Å². The number of aliphatic hydroxyl groups is 3. The second kappa shape index (κ2) is 24.6. The van der Waals surface area contributed by atoms with Gasteiger partial charge in [0.05, 0.1) is 13.2 Å². The normalized spacial score (nSPS) is 11.1. The maximum Gasteiger partial charge on any atom is 1.00 e. The summed E-state index contributed by atoms with van der Waals surface area (Å²) in [5, 5.41) is 45.7. The average molecular weight is 444 g/mol. The van der Waals surface area contributed by atoms with Gasteiger partial charge in [0.15, 0.2) is 0 Å². The van der Waals surface area contributed by atoms with Crippen LogP contribution < -0.4 is 40.0 Å². The molecule has 0 spiro atoms. The zero-order chi connectivity index (χ0) is 22.5. The van der Waals surface area contributed by atoms with Crippen LogP contribution in [0.2, 0.25) is 0 Å². The standard InChI is InChI=1S/C17H31NO5.C3H8O3.Na/c1-2-3-4-5-6-7-8-9-10-11-15(19)18-14(17(22)23)12-13-16(20)21;4-1-3(6)2-5;/h14H,2-13H2,1H3,(H,18,19)(H,20,21)(H,22,23);3-6H,1-2H2;/q;;+1/p-1/t14-;;/m0../s1. The van der Waals surface area contributed by atoms with Gasteiger partial charge in [0, 0.05) is 12.4 Å². The van der Waals surface area contributed by atoms with Crippen molar-refractivity contribution in [3.05, 3.63) is 0 Å². The third-order valence-electron chi connectivity index (χ3n) is 4.20. The van der Waals surface area contributed by atoms with Crippen LogP contribution in [0.1, 0.15) is 84.0 Å². The SMILES string of the molecule is CCCCCCCCCCCC(=O)N[C@@H](CCC(=O)[O-])C(=O)O.OCC(O)CO.[Na+]. The largest absolute Gasteiger partial charge is 1.00 e. The Balaban J connectivity index is -0.000000905. The molecule has 0 aromatic carbocycles. The Kier molecular flexibility index (Phi) is 27.8. The molecular formula is C20H38NNaO8. The summed E-state index contributed by atoms with van der Waals surface area (Å²) in [4.78, 5) is 33.0. The first kappa shape index (κ1) is 33.9. The number of unbranched alkanes of at least 4 members (excludes halogenated alkanes) is 8. The van der Waals surface area contributed by atoms with E-state index < -0.39 is 24.1 Å². The van der Waals surface area contributed by atoms with E-state index in [1.54, 1.807) is 0 Å². The number of carbonyl (C=O) groups excluding carboxylic acids is 2. The van der Waals surface area contributed by atoms with Crippen LogP contribution in [0, 0.1) is 0 Å². The fraction of sp³-hybridized carbons (Fsp3) is 0.850. The summed E-state index contributed by atoms with van der Waals surface area (Å²) in [6, 6.07) is -1.15. The molecule has 0 aliphatic rings. The molecule has 0 aromatic rings. The van der Waals surface area contributed by atoms with Gasteiger partial charge >= 0.3 is 35.5 Å². The topological polar surface area (TPSA) is 167 Å².